The SMILES string of the molecule is CCC(CC)NC(=O)CN1C(=O)N[C@@H](Cc2c[nH]c3ccccc23)C1=O. The maximum Gasteiger partial charge on any atom is 0.325 e. The number of aromatic nitrogens is 1. The van der Waals surface area contributed by atoms with E-state index in [1.807, 2.05) is 44.3 Å². The third-order valence-electron chi connectivity index (χ3n) is 4.86. The number of carbonyl (C=O) groups is 3. The zero-order valence-corrected chi connectivity index (χ0v) is 15.0. The minimum Gasteiger partial charge on any atom is -0.361 e. The van der Waals surface area contributed by atoms with Crippen molar-refractivity contribution in [3.05, 3.63) is 36.0 Å². The molecule has 0 unspecified atom stereocenters. The van der Waals surface area contributed by atoms with Crippen LogP contribution < -0.4 is 10.6 Å². The number of benzene rings is 1. The van der Waals surface area contributed by atoms with Crippen molar-refractivity contribution in [3.63, 3.8) is 0 Å². The summed E-state index contributed by atoms with van der Waals surface area (Å²) >= 11 is 0. The van der Waals surface area contributed by atoms with Crippen LogP contribution in [0.15, 0.2) is 30.5 Å². The van der Waals surface area contributed by atoms with E-state index in [2.05, 4.69) is 15.6 Å². The van der Waals surface area contributed by atoms with Gasteiger partial charge in [-0.2, -0.15) is 0 Å². The van der Waals surface area contributed by atoms with Crippen molar-refractivity contribution in [1.82, 2.24) is 20.5 Å². The number of para-hydroxylation sites is 1. The monoisotopic (exact) mass is 356 g/mol. The van der Waals surface area contributed by atoms with Gasteiger partial charge in [0.2, 0.25) is 5.91 Å². The lowest BCUT2D eigenvalue weighted by Gasteiger charge is -2.17. The molecular weight excluding hydrogens is 332 g/mol. The van der Waals surface area contributed by atoms with E-state index in [-0.39, 0.29) is 24.4 Å². The van der Waals surface area contributed by atoms with E-state index in [0.29, 0.717) is 6.42 Å². The van der Waals surface area contributed by atoms with Gasteiger partial charge in [-0.3, -0.25) is 14.5 Å². The molecule has 1 saturated heterocycles. The maximum atomic E-state index is 12.6. The molecular formula is C19H24N4O3. The number of imide groups is 1. The first-order valence-corrected chi connectivity index (χ1v) is 8.99. The van der Waals surface area contributed by atoms with Gasteiger partial charge < -0.3 is 15.6 Å². The molecule has 0 bridgehead atoms. The van der Waals surface area contributed by atoms with Crippen molar-refractivity contribution in [2.45, 2.75) is 45.2 Å². The summed E-state index contributed by atoms with van der Waals surface area (Å²) in [4.78, 5) is 41.0. The Kier molecular flexibility index (Phi) is 5.25. The lowest BCUT2D eigenvalue weighted by Crippen LogP contribution is -2.44. The van der Waals surface area contributed by atoms with E-state index >= 15 is 0 Å². The van der Waals surface area contributed by atoms with Gasteiger partial charge in [0, 0.05) is 29.6 Å². The van der Waals surface area contributed by atoms with E-state index in [9.17, 15) is 14.4 Å². The zero-order chi connectivity index (χ0) is 18.7. The molecule has 1 atom stereocenters. The third kappa shape index (κ3) is 3.56. The minimum absolute atomic E-state index is 0.0604. The van der Waals surface area contributed by atoms with Crippen molar-refractivity contribution in [2.75, 3.05) is 6.54 Å². The van der Waals surface area contributed by atoms with Gasteiger partial charge in [0.15, 0.2) is 0 Å². The summed E-state index contributed by atoms with van der Waals surface area (Å²) in [6.07, 6.45) is 3.86. The number of carbonyl (C=O) groups excluding carboxylic acids is 3. The van der Waals surface area contributed by atoms with Gasteiger partial charge >= 0.3 is 6.03 Å². The Bertz CT molecular complexity index is 825. The van der Waals surface area contributed by atoms with Crippen LogP contribution in [0.3, 0.4) is 0 Å². The zero-order valence-electron chi connectivity index (χ0n) is 15.0. The van der Waals surface area contributed by atoms with Gasteiger partial charge in [-0.25, -0.2) is 4.79 Å². The van der Waals surface area contributed by atoms with Crippen LogP contribution in [0.1, 0.15) is 32.3 Å². The molecule has 3 N–H and O–H groups in total. The van der Waals surface area contributed by atoms with Crippen molar-refractivity contribution in [2.24, 2.45) is 0 Å². The molecule has 1 aromatic carbocycles. The quantitative estimate of drug-likeness (QED) is 0.662. The molecule has 138 valence electrons. The minimum atomic E-state index is -0.650. The number of nitrogens with one attached hydrogen (secondary N) is 3. The van der Waals surface area contributed by atoms with Crippen LogP contribution in [0.5, 0.6) is 0 Å². The van der Waals surface area contributed by atoms with Gasteiger partial charge in [0.05, 0.1) is 0 Å². The Morgan fingerprint density at radius 3 is 2.69 bits per heavy atom. The molecule has 4 amide bonds. The van der Waals surface area contributed by atoms with E-state index < -0.39 is 12.1 Å². The molecule has 2 aromatic rings. The Hall–Kier alpha value is -2.83. The molecule has 0 aliphatic carbocycles. The van der Waals surface area contributed by atoms with Gasteiger partial charge in [-0.15, -0.1) is 0 Å². The standard InChI is InChI=1S/C19H24N4O3/c1-3-13(4-2)21-17(24)11-23-18(25)16(22-19(23)26)9-12-10-20-15-8-6-5-7-14(12)15/h5-8,10,13,16,20H,3-4,9,11H2,1-2H3,(H,21,24)(H,22,26)/t16-/m0/s1. The largest absolute Gasteiger partial charge is 0.361 e. The highest BCUT2D eigenvalue weighted by molar-refractivity contribution is 6.06. The first-order valence-electron chi connectivity index (χ1n) is 8.99. The average molecular weight is 356 g/mol. The van der Waals surface area contributed by atoms with E-state index in [4.69, 9.17) is 0 Å². The molecule has 1 aliphatic heterocycles. The predicted octanol–water partition coefficient (Wildman–Crippen LogP) is 1.94. The Labute approximate surface area is 152 Å². The smallest absolute Gasteiger partial charge is 0.325 e. The van der Waals surface area contributed by atoms with Crippen molar-refractivity contribution in [3.8, 4) is 0 Å². The predicted molar refractivity (Wildman–Crippen MR) is 98.5 cm³/mol. The number of urea groups is 1. The highest BCUT2D eigenvalue weighted by Crippen LogP contribution is 2.21. The number of hydrogen-bond donors (Lipinski definition) is 3. The number of aromatic amines is 1. The molecule has 0 spiro atoms. The van der Waals surface area contributed by atoms with Gasteiger partial charge in [0.25, 0.3) is 5.91 Å². The van der Waals surface area contributed by atoms with Crippen LogP contribution in [-0.4, -0.2) is 46.4 Å². The molecule has 26 heavy (non-hydrogen) atoms. The van der Waals surface area contributed by atoms with Crippen molar-refractivity contribution in [1.29, 1.82) is 0 Å². The summed E-state index contributed by atoms with van der Waals surface area (Å²) in [7, 11) is 0. The molecule has 0 radical (unpaired) electrons. The van der Waals surface area contributed by atoms with Gasteiger partial charge in [-0.05, 0) is 24.5 Å². The molecule has 0 saturated carbocycles. The maximum absolute atomic E-state index is 12.6. The van der Waals surface area contributed by atoms with Crippen LogP contribution in [0.25, 0.3) is 10.9 Å². The number of rotatable bonds is 7. The summed E-state index contributed by atoms with van der Waals surface area (Å²) in [5, 5.41) is 6.57. The van der Waals surface area contributed by atoms with E-state index in [1.165, 1.54) is 0 Å². The van der Waals surface area contributed by atoms with Crippen LogP contribution in [0.4, 0.5) is 4.79 Å². The number of fused-ring (bicyclic) bond motifs is 1. The lowest BCUT2D eigenvalue weighted by atomic mass is 10.1. The van der Waals surface area contributed by atoms with Gasteiger partial charge in [0.1, 0.15) is 12.6 Å². The second-order valence-corrected chi connectivity index (χ2v) is 6.57. The third-order valence-corrected chi connectivity index (χ3v) is 4.86. The first kappa shape index (κ1) is 18.0. The molecule has 1 fully saturated rings. The van der Waals surface area contributed by atoms with Crippen molar-refractivity contribution >= 4 is 28.7 Å². The molecule has 3 rings (SSSR count). The molecule has 7 nitrogen and oxygen atoms in total. The fourth-order valence-corrected chi connectivity index (χ4v) is 3.30. The summed E-state index contributed by atoms with van der Waals surface area (Å²) < 4.78 is 0. The number of nitrogens with zero attached hydrogens (tertiary/aromatic N) is 1. The van der Waals surface area contributed by atoms with Crippen molar-refractivity contribution < 1.29 is 14.4 Å². The average Bonchev–Trinajstić information content (AvgIpc) is 3.16. The summed E-state index contributed by atoms with van der Waals surface area (Å²) in [5.41, 5.74) is 1.95. The number of H-pyrrole nitrogens is 1. The van der Waals surface area contributed by atoms with Gasteiger partial charge in [-0.1, -0.05) is 32.0 Å². The highest BCUT2D eigenvalue weighted by Gasteiger charge is 2.39. The fourth-order valence-electron chi connectivity index (χ4n) is 3.30. The van der Waals surface area contributed by atoms with Crippen LogP contribution in [0, 0.1) is 0 Å². The lowest BCUT2D eigenvalue weighted by molar-refractivity contribution is -0.132. The Morgan fingerprint density at radius 1 is 1.23 bits per heavy atom. The fraction of sp³-hybridized carbons (Fsp3) is 0.421. The molecule has 2 heterocycles. The molecule has 1 aliphatic rings. The van der Waals surface area contributed by atoms with Crippen LogP contribution >= 0.6 is 0 Å². The van der Waals surface area contributed by atoms with E-state index in [0.717, 1.165) is 34.2 Å². The van der Waals surface area contributed by atoms with Crippen LogP contribution in [0.2, 0.25) is 0 Å². The second-order valence-electron chi connectivity index (χ2n) is 6.57. The Balaban J connectivity index is 1.66. The van der Waals surface area contributed by atoms with Crippen LogP contribution in [-0.2, 0) is 16.0 Å². The first-order chi connectivity index (χ1) is 12.5. The topological polar surface area (TPSA) is 94.3 Å². The Morgan fingerprint density at radius 2 is 1.96 bits per heavy atom. The normalized spacial score (nSPS) is 17.2. The number of amides is 4. The second kappa shape index (κ2) is 7.59. The molecule has 7 heteroatoms. The number of hydrogen-bond acceptors (Lipinski definition) is 3. The highest BCUT2D eigenvalue weighted by atomic mass is 16.2. The molecule has 1 aromatic heterocycles. The van der Waals surface area contributed by atoms with E-state index in [1.54, 1.807) is 0 Å². The summed E-state index contributed by atoms with van der Waals surface area (Å²) in [5.74, 6) is -0.671. The summed E-state index contributed by atoms with van der Waals surface area (Å²) in [6, 6.07) is 6.70. The summed E-state index contributed by atoms with van der Waals surface area (Å²) in [6.45, 7) is 3.73.